The molecule has 2 aliphatic rings. The van der Waals surface area contributed by atoms with Crippen LogP contribution in [-0.4, -0.2) is 44.3 Å². The molecule has 1 saturated carbocycles. The lowest BCUT2D eigenvalue weighted by atomic mass is 9.89. The molecule has 7 heteroatoms. The predicted octanol–water partition coefficient (Wildman–Crippen LogP) is 4.38. The highest BCUT2D eigenvalue weighted by Gasteiger charge is 2.54. The molecule has 1 atom stereocenters. The minimum Gasteiger partial charge on any atom is -0.451 e. The van der Waals surface area contributed by atoms with Gasteiger partial charge in [0.1, 0.15) is 0 Å². The quantitative estimate of drug-likeness (QED) is 0.441. The van der Waals surface area contributed by atoms with E-state index in [2.05, 4.69) is 10.1 Å². The third-order valence-corrected chi connectivity index (χ3v) is 7.38. The van der Waals surface area contributed by atoms with Crippen LogP contribution in [0.4, 0.5) is 0 Å². The van der Waals surface area contributed by atoms with Crippen LogP contribution in [0.25, 0.3) is 16.5 Å². The van der Waals surface area contributed by atoms with Crippen LogP contribution in [0.5, 0.6) is 0 Å². The summed E-state index contributed by atoms with van der Waals surface area (Å²) in [7, 11) is 0. The van der Waals surface area contributed by atoms with Gasteiger partial charge in [-0.2, -0.15) is 5.10 Å². The van der Waals surface area contributed by atoms with E-state index < -0.39 is 0 Å². The Morgan fingerprint density at radius 1 is 1.16 bits per heavy atom. The number of fused-ring (bicyclic) bond motifs is 2. The van der Waals surface area contributed by atoms with Crippen molar-refractivity contribution in [3.8, 4) is 0 Å². The van der Waals surface area contributed by atoms with Crippen molar-refractivity contribution in [2.45, 2.75) is 32.1 Å². The Labute approximate surface area is 185 Å². The largest absolute Gasteiger partial charge is 0.451 e. The van der Waals surface area contributed by atoms with Crippen molar-refractivity contribution in [3.63, 3.8) is 0 Å². The standard InChI is InChI=1S/C25H24N4O3/c30-21(22-13-17-6-9-26-16-23(17)32-22)5-4-18-14-25(18)7-11-28(12-8-25)24(31)19-15-27-29-10-2-1-3-20(19)29/h1-3,6,9-10,13,15-16,18H,4-5,7-8,11-12,14H2. The smallest absolute Gasteiger partial charge is 0.257 e. The highest BCUT2D eigenvalue weighted by molar-refractivity contribution is 6.00. The number of aromatic nitrogens is 3. The summed E-state index contributed by atoms with van der Waals surface area (Å²) >= 11 is 0. The van der Waals surface area contributed by atoms with E-state index in [1.807, 2.05) is 41.4 Å². The number of carbonyl (C=O) groups is 2. The SMILES string of the molecule is O=C(CCC1CC12CCN(C(=O)c1cnn3ccccc13)CC2)c1cc2ccncc2o1. The van der Waals surface area contributed by atoms with Crippen LogP contribution < -0.4 is 0 Å². The Balaban J connectivity index is 1.05. The van der Waals surface area contributed by atoms with Crippen LogP contribution in [-0.2, 0) is 0 Å². The number of amides is 1. The van der Waals surface area contributed by atoms with Gasteiger partial charge in [-0.1, -0.05) is 6.07 Å². The molecular weight excluding hydrogens is 404 g/mol. The molecule has 1 spiro atoms. The number of hydrogen-bond donors (Lipinski definition) is 0. The van der Waals surface area contributed by atoms with Gasteiger partial charge in [0.2, 0.25) is 0 Å². The fourth-order valence-corrected chi connectivity index (χ4v) is 5.33. The lowest BCUT2D eigenvalue weighted by molar-refractivity contribution is 0.0669. The maximum absolute atomic E-state index is 13.0. The Morgan fingerprint density at radius 3 is 2.88 bits per heavy atom. The summed E-state index contributed by atoms with van der Waals surface area (Å²) in [5, 5.41) is 5.20. The zero-order chi connectivity index (χ0) is 21.7. The molecule has 1 aliphatic carbocycles. The predicted molar refractivity (Wildman–Crippen MR) is 118 cm³/mol. The first kappa shape index (κ1) is 19.2. The van der Waals surface area contributed by atoms with Gasteiger partial charge in [0.15, 0.2) is 17.1 Å². The zero-order valence-electron chi connectivity index (χ0n) is 17.7. The van der Waals surface area contributed by atoms with Crippen molar-refractivity contribution in [1.82, 2.24) is 19.5 Å². The van der Waals surface area contributed by atoms with Crippen molar-refractivity contribution in [2.24, 2.45) is 11.3 Å². The highest BCUT2D eigenvalue weighted by atomic mass is 16.3. The fourth-order valence-electron chi connectivity index (χ4n) is 5.33. The molecule has 162 valence electrons. The van der Waals surface area contributed by atoms with Crippen LogP contribution in [0.15, 0.2) is 59.5 Å². The monoisotopic (exact) mass is 428 g/mol. The Kier molecular flexibility index (Phi) is 4.38. The van der Waals surface area contributed by atoms with Gasteiger partial charge in [0.25, 0.3) is 5.91 Å². The molecule has 0 aromatic carbocycles. The molecule has 6 rings (SSSR count). The highest BCUT2D eigenvalue weighted by Crippen LogP contribution is 2.61. The fraction of sp³-hybridized carbons (Fsp3) is 0.360. The van der Waals surface area contributed by atoms with Crippen molar-refractivity contribution < 1.29 is 14.0 Å². The molecule has 1 unspecified atom stereocenters. The number of likely N-dealkylation sites (tertiary alicyclic amines) is 1. The number of piperidine rings is 1. The Bertz CT molecular complexity index is 1300. The van der Waals surface area contributed by atoms with Crippen molar-refractivity contribution in [1.29, 1.82) is 0 Å². The van der Waals surface area contributed by atoms with E-state index in [0.29, 0.717) is 34.7 Å². The second-order valence-corrected chi connectivity index (χ2v) is 9.13. The van der Waals surface area contributed by atoms with E-state index in [4.69, 9.17) is 4.42 Å². The number of furan rings is 1. The summed E-state index contributed by atoms with van der Waals surface area (Å²) in [6, 6.07) is 9.43. The van der Waals surface area contributed by atoms with Crippen LogP contribution in [0.3, 0.4) is 0 Å². The lowest BCUT2D eigenvalue weighted by Crippen LogP contribution is -2.39. The molecule has 1 saturated heterocycles. The van der Waals surface area contributed by atoms with Crippen molar-refractivity contribution in [3.05, 3.63) is 66.4 Å². The number of pyridine rings is 2. The average Bonchev–Trinajstić information content (AvgIpc) is 3.17. The molecule has 0 radical (unpaired) electrons. The van der Waals surface area contributed by atoms with E-state index in [1.54, 1.807) is 23.1 Å². The average molecular weight is 428 g/mol. The molecule has 0 N–H and O–H groups in total. The van der Waals surface area contributed by atoms with Crippen LogP contribution in [0.2, 0.25) is 0 Å². The summed E-state index contributed by atoms with van der Waals surface area (Å²) in [5.74, 6) is 1.11. The second-order valence-electron chi connectivity index (χ2n) is 9.13. The molecule has 4 aromatic rings. The summed E-state index contributed by atoms with van der Waals surface area (Å²) in [6.07, 6.45) is 11.4. The minimum absolute atomic E-state index is 0.0592. The second kappa shape index (κ2) is 7.29. The molecule has 32 heavy (non-hydrogen) atoms. The molecule has 2 fully saturated rings. The van der Waals surface area contributed by atoms with Gasteiger partial charge < -0.3 is 9.32 Å². The molecule has 1 aliphatic heterocycles. The Hall–Kier alpha value is -3.48. The van der Waals surface area contributed by atoms with Gasteiger partial charge in [-0.3, -0.25) is 14.6 Å². The maximum Gasteiger partial charge on any atom is 0.257 e. The molecule has 0 bridgehead atoms. The number of carbonyl (C=O) groups excluding carboxylic acids is 2. The Morgan fingerprint density at radius 2 is 2.03 bits per heavy atom. The maximum atomic E-state index is 13.0. The van der Waals surface area contributed by atoms with Gasteiger partial charge in [-0.05, 0) is 61.3 Å². The van der Waals surface area contributed by atoms with Gasteiger partial charge in [0.05, 0.1) is 23.5 Å². The third-order valence-electron chi connectivity index (χ3n) is 7.38. The summed E-state index contributed by atoms with van der Waals surface area (Å²) in [6.45, 7) is 1.54. The van der Waals surface area contributed by atoms with E-state index in [1.165, 1.54) is 0 Å². The van der Waals surface area contributed by atoms with Crippen molar-refractivity contribution >= 4 is 28.2 Å². The van der Waals surface area contributed by atoms with E-state index in [-0.39, 0.29) is 11.7 Å². The molecule has 1 amide bonds. The molecule has 7 nitrogen and oxygen atoms in total. The summed E-state index contributed by atoms with van der Waals surface area (Å²) < 4.78 is 7.40. The topological polar surface area (TPSA) is 80.7 Å². The number of Topliss-reactive ketones (excluding diaryl/α,β-unsaturated/α-hetero) is 1. The zero-order valence-corrected chi connectivity index (χ0v) is 17.7. The number of rotatable bonds is 5. The molecule has 5 heterocycles. The lowest BCUT2D eigenvalue weighted by Gasteiger charge is -2.33. The minimum atomic E-state index is 0.0592. The van der Waals surface area contributed by atoms with Gasteiger partial charge in [-0.15, -0.1) is 0 Å². The summed E-state index contributed by atoms with van der Waals surface area (Å²) in [5.41, 5.74) is 2.47. The first-order valence-corrected chi connectivity index (χ1v) is 11.2. The van der Waals surface area contributed by atoms with Crippen LogP contribution in [0.1, 0.15) is 53.0 Å². The number of hydrogen-bond acceptors (Lipinski definition) is 5. The molecule has 4 aromatic heterocycles. The van der Waals surface area contributed by atoms with E-state index in [9.17, 15) is 9.59 Å². The number of ketones is 1. The third kappa shape index (κ3) is 3.20. The normalized spacial score (nSPS) is 19.6. The van der Waals surface area contributed by atoms with Crippen LogP contribution >= 0.6 is 0 Å². The first-order valence-electron chi connectivity index (χ1n) is 11.2. The van der Waals surface area contributed by atoms with E-state index >= 15 is 0 Å². The van der Waals surface area contributed by atoms with Gasteiger partial charge in [-0.25, -0.2) is 4.52 Å². The van der Waals surface area contributed by atoms with E-state index in [0.717, 1.165) is 49.7 Å². The van der Waals surface area contributed by atoms with Gasteiger partial charge >= 0.3 is 0 Å². The summed E-state index contributed by atoms with van der Waals surface area (Å²) in [4.78, 5) is 31.7. The van der Waals surface area contributed by atoms with Crippen molar-refractivity contribution in [2.75, 3.05) is 13.1 Å². The van der Waals surface area contributed by atoms with Gasteiger partial charge in [0, 0.05) is 37.3 Å². The first-order chi connectivity index (χ1) is 15.6. The molecular formula is C25H24N4O3. The van der Waals surface area contributed by atoms with Crippen LogP contribution in [0, 0.1) is 11.3 Å². The number of nitrogens with zero attached hydrogens (tertiary/aromatic N) is 4.